The number of hydrogen-bond donors (Lipinski definition) is 1. The Hall–Kier alpha value is -1.71. The highest BCUT2D eigenvalue weighted by atomic mass is 32.1. The van der Waals surface area contributed by atoms with Gasteiger partial charge >= 0.3 is 0 Å². The second kappa shape index (κ2) is 4.52. The minimum Gasteiger partial charge on any atom is -0.320 e. The highest BCUT2D eigenvalue weighted by Gasteiger charge is 2.13. The van der Waals surface area contributed by atoms with E-state index in [9.17, 15) is 4.39 Å². The number of hydrogen-bond acceptors (Lipinski definition) is 2. The van der Waals surface area contributed by atoms with E-state index < -0.39 is 0 Å². The summed E-state index contributed by atoms with van der Waals surface area (Å²) in [6.45, 7) is 0. The predicted octanol–water partition coefficient (Wildman–Crippen LogP) is 4.09. The Morgan fingerprint density at radius 2 is 1.78 bits per heavy atom. The van der Waals surface area contributed by atoms with Crippen molar-refractivity contribution in [2.75, 3.05) is 0 Å². The Morgan fingerprint density at radius 1 is 1.00 bits per heavy atom. The lowest BCUT2D eigenvalue weighted by molar-refractivity contribution is 0.639. The molecule has 2 N–H and O–H groups in total. The van der Waals surface area contributed by atoms with E-state index in [1.807, 2.05) is 35.0 Å². The fraction of sp³-hybridized carbons (Fsp3) is 0.0667. The first-order chi connectivity index (χ1) is 8.77. The zero-order valence-electron chi connectivity index (χ0n) is 9.64. The van der Waals surface area contributed by atoms with E-state index in [-0.39, 0.29) is 11.9 Å². The molecule has 1 atom stereocenters. The van der Waals surface area contributed by atoms with Crippen molar-refractivity contribution in [2.45, 2.75) is 6.04 Å². The molecule has 3 rings (SSSR count). The molecule has 0 fully saturated rings. The summed E-state index contributed by atoms with van der Waals surface area (Å²) in [5.41, 5.74) is 8.29. The smallest absolute Gasteiger partial charge is 0.131 e. The summed E-state index contributed by atoms with van der Waals surface area (Å²) in [7, 11) is 0. The van der Waals surface area contributed by atoms with Gasteiger partial charge in [0.25, 0.3) is 0 Å². The van der Waals surface area contributed by atoms with Crippen molar-refractivity contribution >= 4 is 22.1 Å². The molecular formula is C15H12FNS. The molecule has 0 saturated heterocycles. The summed E-state index contributed by atoms with van der Waals surface area (Å²) < 4.78 is 13.7. The molecule has 1 nitrogen and oxygen atoms in total. The maximum absolute atomic E-state index is 13.7. The van der Waals surface area contributed by atoms with Crippen LogP contribution in [-0.2, 0) is 0 Å². The quantitative estimate of drug-likeness (QED) is 0.735. The average Bonchev–Trinajstić information content (AvgIpc) is 2.93. The predicted molar refractivity (Wildman–Crippen MR) is 74.3 cm³/mol. The Bertz CT molecular complexity index is 676. The van der Waals surface area contributed by atoms with Crippen molar-refractivity contribution in [2.24, 2.45) is 5.73 Å². The molecule has 0 aliphatic carbocycles. The van der Waals surface area contributed by atoms with Crippen molar-refractivity contribution in [3.05, 3.63) is 70.2 Å². The summed E-state index contributed by atoms with van der Waals surface area (Å²) in [5.74, 6) is -0.202. The van der Waals surface area contributed by atoms with Gasteiger partial charge in [0.2, 0.25) is 0 Å². The maximum atomic E-state index is 13.7. The first kappa shape index (κ1) is 11.4. The van der Waals surface area contributed by atoms with Crippen molar-refractivity contribution in [1.29, 1.82) is 0 Å². The SMILES string of the molecule is NC(c1ccsc1)c1ccc(F)c2ccccc12. The zero-order chi connectivity index (χ0) is 12.5. The molecule has 1 heterocycles. The van der Waals surface area contributed by atoms with Gasteiger partial charge in [-0.1, -0.05) is 30.3 Å². The third-order valence-electron chi connectivity index (χ3n) is 3.14. The molecule has 18 heavy (non-hydrogen) atoms. The van der Waals surface area contributed by atoms with Crippen LogP contribution in [0.15, 0.2) is 53.2 Å². The summed E-state index contributed by atoms with van der Waals surface area (Å²) in [6.07, 6.45) is 0. The van der Waals surface area contributed by atoms with Crippen molar-refractivity contribution in [3.63, 3.8) is 0 Å². The number of halogens is 1. The second-order valence-corrected chi connectivity index (χ2v) is 5.00. The standard InChI is InChI=1S/C15H12FNS/c16-14-6-5-13(11-3-1-2-4-12(11)14)15(17)10-7-8-18-9-10/h1-9,15H,17H2. The maximum Gasteiger partial charge on any atom is 0.131 e. The molecule has 0 saturated carbocycles. The highest BCUT2D eigenvalue weighted by Crippen LogP contribution is 2.29. The molecule has 1 aromatic heterocycles. The molecule has 3 aromatic rings. The van der Waals surface area contributed by atoms with Gasteiger partial charge in [0, 0.05) is 5.39 Å². The van der Waals surface area contributed by atoms with Gasteiger partial charge < -0.3 is 5.73 Å². The normalized spacial score (nSPS) is 12.8. The van der Waals surface area contributed by atoms with Crippen LogP contribution in [0.2, 0.25) is 0 Å². The molecule has 0 aliphatic heterocycles. The van der Waals surface area contributed by atoms with Crippen LogP contribution in [0.3, 0.4) is 0 Å². The van der Waals surface area contributed by atoms with Crippen LogP contribution in [-0.4, -0.2) is 0 Å². The number of benzene rings is 2. The van der Waals surface area contributed by atoms with Crippen LogP contribution < -0.4 is 5.73 Å². The number of thiophene rings is 1. The average molecular weight is 257 g/mol. The zero-order valence-corrected chi connectivity index (χ0v) is 10.5. The topological polar surface area (TPSA) is 26.0 Å². The third-order valence-corrected chi connectivity index (χ3v) is 3.84. The molecule has 1 unspecified atom stereocenters. The van der Waals surface area contributed by atoms with E-state index in [0.29, 0.717) is 5.39 Å². The van der Waals surface area contributed by atoms with Gasteiger partial charge in [-0.25, -0.2) is 4.39 Å². The molecule has 0 aliphatic rings. The monoisotopic (exact) mass is 257 g/mol. The van der Waals surface area contributed by atoms with E-state index >= 15 is 0 Å². The third kappa shape index (κ3) is 1.82. The summed E-state index contributed by atoms with van der Waals surface area (Å²) >= 11 is 1.62. The van der Waals surface area contributed by atoms with Gasteiger partial charge in [-0.15, -0.1) is 0 Å². The molecule has 0 amide bonds. The lowest BCUT2D eigenvalue weighted by Gasteiger charge is -2.14. The molecule has 2 aromatic carbocycles. The Morgan fingerprint density at radius 3 is 2.50 bits per heavy atom. The minimum atomic E-state index is -0.207. The van der Waals surface area contributed by atoms with Gasteiger partial charge in [0.05, 0.1) is 6.04 Å². The summed E-state index contributed by atoms with van der Waals surface area (Å²) in [5, 5.41) is 5.54. The van der Waals surface area contributed by atoms with E-state index in [2.05, 4.69) is 0 Å². The first-order valence-electron chi connectivity index (χ1n) is 5.72. The fourth-order valence-corrected chi connectivity index (χ4v) is 2.88. The second-order valence-electron chi connectivity index (χ2n) is 4.22. The van der Waals surface area contributed by atoms with E-state index in [4.69, 9.17) is 5.73 Å². The number of fused-ring (bicyclic) bond motifs is 1. The number of nitrogens with two attached hydrogens (primary N) is 1. The van der Waals surface area contributed by atoms with Crippen molar-refractivity contribution in [3.8, 4) is 0 Å². The van der Waals surface area contributed by atoms with Crippen LogP contribution in [0.25, 0.3) is 10.8 Å². The largest absolute Gasteiger partial charge is 0.320 e. The molecule has 0 radical (unpaired) electrons. The van der Waals surface area contributed by atoms with E-state index in [0.717, 1.165) is 16.5 Å². The Kier molecular flexibility index (Phi) is 2.86. The van der Waals surface area contributed by atoms with Crippen LogP contribution >= 0.6 is 11.3 Å². The van der Waals surface area contributed by atoms with Crippen LogP contribution in [0, 0.1) is 5.82 Å². The molecule has 90 valence electrons. The van der Waals surface area contributed by atoms with E-state index in [1.54, 1.807) is 23.5 Å². The lowest BCUT2D eigenvalue weighted by atomic mass is 9.96. The molecular weight excluding hydrogens is 245 g/mol. The fourth-order valence-electron chi connectivity index (χ4n) is 2.19. The molecule has 3 heteroatoms. The summed E-state index contributed by atoms with van der Waals surface area (Å²) in [4.78, 5) is 0. The number of rotatable bonds is 2. The lowest BCUT2D eigenvalue weighted by Crippen LogP contribution is -2.11. The van der Waals surface area contributed by atoms with Crippen molar-refractivity contribution in [1.82, 2.24) is 0 Å². The first-order valence-corrected chi connectivity index (χ1v) is 6.66. The van der Waals surface area contributed by atoms with Gasteiger partial charge in [-0.2, -0.15) is 11.3 Å². The van der Waals surface area contributed by atoms with Crippen LogP contribution in [0.5, 0.6) is 0 Å². The van der Waals surface area contributed by atoms with Gasteiger partial charge in [0.15, 0.2) is 0 Å². The molecule has 0 spiro atoms. The van der Waals surface area contributed by atoms with Gasteiger partial charge in [0.1, 0.15) is 5.82 Å². The van der Waals surface area contributed by atoms with Gasteiger partial charge in [-0.3, -0.25) is 0 Å². The van der Waals surface area contributed by atoms with Crippen LogP contribution in [0.1, 0.15) is 17.2 Å². The Balaban J connectivity index is 2.21. The van der Waals surface area contributed by atoms with E-state index in [1.165, 1.54) is 6.07 Å². The minimum absolute atomic E-state index is 0.202. The van der Waals surface area contributed by atoms with Crippen LogP contribution in [0.4, 0.5) is 4.39 Å². The van der Waals surface area contributed by atoms with Crippen molar-refractivity contribution < 1.29 is 4.39 Å². The highest BCUT2D eigenvalue weighted by molar-refractivity contribution is 7.08. The summed E-state index contributed by atoms with van der Waals surface area (Å²) in [6, 6.07) is 12.5. The van der Waals surface area contributed by atoms with Gasteiger partial charge in [-0.05, 0) is 39.4 Å². The molecule has 0 bridgehead atoms. The Labute approximate surface area is 109 Å².